The summed E-state index contributed by atoms with van der Waals surface area (Å²) in [5.74, 6) is 4.20. The monoisotopic (exact) mass is 233 g/mol. The molecule has 0 fully saturated rings. The Morgan fingerprint density at radius 1 is 1.59 bits per heavy atom. The first-order valence-corrected chi connectivity index (χ1v) is 5.73. The molecule has 1 rings (SSSR count). The highest BCUT2D eigenvalue weighted by Gasteiger charge is 2.00. The van der Waals surface area contributed by atoms with E-state index in [9.17, 15) is 0 Å². The van der Waals surface area contributed by atoms with Crippen LogP contribution in [0.15, 0.2) is 27.8 Å². The van der Waals surface area contributed by atoms with E-state index in [-0.39, 0.29) is 0 Å². The van der Waals surface area contributed by atoms with Crippen LogP contribution in [0.1, 0.15) is 19.6 Å². The lowest BCUT2D eigenvalue weighted by Gasteiger charge is -2.13. The number of guanidine groups is 1. The van der Waals surface area contributed by atoms with Gasteiger partial charge in [0.1, 0.15) is 5.76 Å². The maximum atomic E-state index is 5.24. The standard InChI is InChI=1S/C13H19N3O/c1-4-8-14-13(16-11(2)3)15-9-7-12-6-5-10-17-12/h1,5-6,10-11H,7-9H2,2-3H3,(H2,14,15,16). The van der Waals surface area contributed by atoms with Crippen molar-refractivity contribution >= 4 is 5.96 Å². The third-order valence-corrected chi connectivity index (χ3v) is 1.99. The molecule has 0 saturated heterocycles. The smallest absolute Gasteiger partial charge is 0.192 e. The average Bonchev–Trinajstić information content (AvgIpc) is 2.78. The first-order valence-electron chi connectivity index (χ1n) is 5.73. The molecule has 1 aromatic heterocycles. The summed E-state index contributed by atoms with van der Waals surface area (Å²) in [6.07, 6.45) is 7.66. The van der Waals surface area contributed by atoms with Crippen molar-refractivity contribution in [3.63, 3.8) is 0 Å². The fourth-order valence-corrected chi connectivity index (χ4v) is 1.29. The molecular formula is C13H19N3O. The Hall–Kier alpha value is -1.89. The van der Waals surface area contributed by atoms with Crippen molar-refractivity contribution in [3.05, 3.63) is 24.2 Å². The van der Waals surface area contributed by atoms with Crippen LogP contribution < -0.4 is 10.6 Å². The highest BCUT2D eigenvalue weighted by molar-refractivity contribution is 5.80. The van der Waals surface area contributed by atoms with Gasteiger partial charge in [0.25, 0.3) is 0 Å². The second-order valence-electron chi connectivity index (χ2n) is 3.92. The molecule has 92 valence electrons. The van der Waals surface area contributed by atoms with Crippen molar-refractivity contribution in [2.75, 3.05) is 13.1 Å². The summed E-state index contributed by atoms with van der Waals surface area (Å²) in [7, 11) is 0. The van der Waals surface area contributed by atoms with E-state index in [0.717, 1.165) is 18.1 Å². The van der Waals surface area contributed by atoms with Gasteiger partial charge in [0.05, 0.1) is 12.8 Å². The van der Waals surface area contributed by atoms with Crippen LogP contribution in [0.25, 0.3) is 0 Å². The summed E-state index contributed by atoms with van der Waals surface area (Å²) in [4.78, 5) is 4.42. The molecule has 0 atom stereocenters. The first-order chi connectivity index (χ1) is 8.22. The van der Waals surface area contributed by atoms with E-state index in [0.29, 0.717) is 19.1 Å². The van der Waals surface area contributed by atoms with Crippen LogP contribution in [0.5, 0.6) is 0 Å². The molecule has 1 aromatic rings. The minimum atomic E-state index is 0.322. The normalized spacial score (nSPS) is 11.3. The molecule has 0 radical (unpaired) electrons. The summed E-state index contributed by atoms with van der Waals surface area (Å²) in [6, 6.07) is 4.14. The van der Waals surface area contributed by atoms with E-state index >= 15 is 0 Å². The van der Waals surface area contributed by atoms with Gasteiger partial charge in [0.2, 0.25) is 0 Å². The molecule has 0 aromatic carbocycles. The predicted molar refractivity (Wildman–Crippen MR) is 69.8 cm³/mol. The molecule has 0 unspecified atom stereocenters. The van der Waals surface area contributed by atoms with Crippen molar-refractivity contribution in [2.45, 2.75) is 26.3 Å². The molecular weight excluding hydrogens is 214 g/mol. The van der Waals surface area contributed by atoms with Gasteiger partial charge in [0.15, 0.2) is 5.96 Å². The molecule has 0 aliphatic heterocycles. The minimum Gasteiger partial charge on any atom is -0.469 e. The van der Waals surface area contributed by atoms with E-state index < -0.39 is 0 Å². The summed E-state index contributed by atoms with van der Waals surface area (Å²) in [5, 5.41) is 6.26. The number of nitrogens with one attached hydrogen (secondary N) is 2. The third kappa shape index (κ3) is 5.67. The molecule has 1 heterocycles. The fraction of sp³-hybridized carbons (Fsp3) is 0.462. The van der Waals surface area contributed by atoms with Crippen molar-refractivity contribution < 1.29 is 4.42 Å². The maximum Gasteiger partial charge on any atom is 0.192 e. The Balaban J connectivity index is 2.42. The number of hydrogen-bond acceptors (Lipinski definition) is 2. The number of aliphatic imine (C=N–C) groups is 1. The van der Waals surface area contributed by atoms with E-state index in [2.05, 4.69) is 35.4 Å². The zero-order valence-electron chi connectivity index (χ0n) is 10.4. The molecule has 0 saturated carbocycles. The Kier molecular flexibility index (Phi) is 5.73. The first kappa shape index (κ1) is 13.2. The SMILES string of the molecule is C#CCNC(=NCCc1ccco1)NC(C)C. The minimum absolute atomic E-state index is 0.322. The zero-order valence-corrected chi connectivity index (χ0v) is 10.4. The predicted octanol–water partition coefficient (Wildman–Crippen LogP) is 1.40. The van der Waals surface area contributed by atoms with Crippen molar-refractivity contribution in [2.24, 2.45) is 4.99 Å². The van der Waals surface area contributed by atoms with Gasteiger partial charge >= 0.3 is 0 Å². The molecule has 0 spiro atoms. The molecule has 0 bridgehead atoms. The van der Waals surface area contributed by atoms with Crippen LogP contribution in [0.2, 0.25) is 0 Å². The molecule has 0 aliphatic carbocycles. The third-order valence-electron chi connectivity index (χ3n) is 1.99. The highest BCUT2D eigenvalue weighted by Crippen LogP contribution is 2.00. The van der Waals surface area contributed by atoms with Gasteiger partial charge in [-0.1, -0.05) is 5.92 Å². The second kappa shape index (κ2) is 7.39. The summed E-state index contributed by atoms with van der Waals surface area (Å²) < 4.78 is 5.24. The number of hydrogen-bond donors (Lipinski definition) is 2. The van der Waals surface area contributed by atoms with Crippen LogP contribution in [0.3, 0.4) is 0 Å². The van der Waals surface area contributed by atoms with Crippen LogP contribution in [0.4, 0.5) is 0 Å². The van der Waals surface area contributed by atoms with E-state index in [1.807, 2.05) is 12.1 Å². The van der Waals surface area contributed by atoms with Gasteiger partial charge in [-0.05, 0) is 26.0 Å². The van der Waals surface area contributed by atoms with Crippen LogP contribution in [0, 0.1) is 12.3 Å². The molecule has 0 amide bonds. The van der Waals surface area contributed by atoms with Gasteiger partial charge in [-0.2, -0.15) is 0 Å². The van der Waals surface area contributed by atoms with Crippen LogP contribution in [-0.2, 0) is 6.42 Å². The van der Waals surface area contributed by atoms with E-state index in [1.165, 1.54) is 0 Å². The number of furan rings is 1. The van der Waals surface area contributed by atoms with Crippen LogP contribution >= 0.6 is 0 Å². The maximum absolute atomic E-state index is 5.24. The molecule has 4 heteroatoms. The van der Waals surface area contributed by atoms with Crippen molar-refractivity contribution in [1.29, 1.82) is 0 Å². The molecule has 17 heavy (non-hydrogen) atoms. The Morgan fingerprint density at radius 3 is 3.00 bits per heavy atom. The van der Waals surface area contributed by atoms with E-state index in [4.69, 9.17) is 10.8 Å². The quantitative estimate of drug-likeness (QED) is 0.459. The van der Waals surface area contributed by atoms with Gasteiger partial charge in [-0.25, -0.2) is 0 Å². The zero-order chi connectivity index (χ0) is 12.5. The number of terminal acetylenes is 1. The Morgan fingerprint density at radius 2 is 2.41 bits per heavy atom. The number of rotatable bonds is 5. The van der Waals surface area contributed by atoms with Gasteiger partial charge < -0.3 is 15.1 Å². The molecule has 0 aliphatic rings. The van der Waals surface area contributed by atoms with Gasteiger partial charge in [0, 0.05) is 19.0 Å². The van der Waals surface area contributed by atoms with Gasteiger partial charge in [-0.15, -0.1) is 6.42 Å². The van der Waals surface area contributed by atoms with Crippen molar-refractivity contribution in [1.82, 2.24) is 10.6 Å². The van der Waals surface area contributed by atoms with Gasteiger partial charge in [-0.3, -0.25) is 4.99 Å². The largest absolute Gasteiger partial charge is 0.469 e. The summed E-state index contributed by atoms with van der Waals surface area (Å²) in [6.45, 7) is 5.25. The Labute approximate surface area is 103 Å². The summed E-state index contributed by atoms with van der Waals surface area (Å²) >= 11 is 0. The second-order valence-corrected chi connectivity index (χ2v) is 3.92. The topological polar surface area (TPSA) is 49.6 Å². The lowest BCUT2D eigenvalue weighted by Crippen LogP contribution is -2.41. The fourth-order valence-electron chi connectivity index (χ4n) is 1.29. The highest BCUT2D eigenvalue weighted by atomic mass is 16.3. The van der Waals surface area contributed by atoms with Crippen LogP contribution in [-0.4, -0.2) is 25.1 Å². The Bertz CT molecular complexity index is 374. The molecule has 4 nitrogen and oxygen atoms in total. The lowest BCUT2D eigenvalue weighted by atomic mass is 10.3. The summed E-state index contributed by atoms with van der Waals surface area (Å²) in [5.41, 5.74) is 0. The number of nitrogens with zero attached hydrogens (tertiary/aromatic N) is 1. The molecule has 2 N–H and O–H groups in total. The van der Waals surface area contributed by atoms with Crippen molar-refractivity contribution in [3.8, 4) is 12.3 Å². The lowest BCUT2D eigenvalue weighted by molar-refractivity contribution is 0.510. The average molecular weight is 233 g/mol. The van der Waals surface area contributed by atoms with E-state index in [1.54, 1.807) is 6.26 Å².